The summed E-state index contributed by atoms with van der Waals surface area (Å²) in [6, 6.07) is 64.8. The summed E-state index contributed by atoms with van der Waals surface area (Å²) in [5.74, 6) is 1.72. The zero-order chi connectivity index (χ0) is 42.4. The third-order valence-electron chi connectivity index (χ3n) is 13.0. The summed E-state index contributed by atoms with van der Waals surface area (Å²) in [5, 5.41) is 8.99. The minimum atomic E-state index is -0.215. The van der Waals surface area contributed by atoms with Gasteiger partial charge in [0.15, 0.2) is 11.6 Å². The first-order valence-electron chi connectivity index (χ1n) is 21.9. The summed E-state index contributed by atoms with van der Waals surface area (Å²) < 4.78 is 8.72. The minimum absolute atomic E-state index is 0.215. The van der Waals surface area contributed by atoms with Crippen molar-refractivity contribution < 1.29 is 4.42 Å². The van der Waals surface area contributed by atoms with Crippen molar-refractivity contribution in [3.05, 3.63) is 193 Å². The van der Waals surface area contributed by atoms with Crippen molar-refractivity contribution >= 4 is 65.3 Å². The highest BCUT2D eigenvalue weighted by molar-refractivity contribution is 6.21. The van der Waals surface area contributed by atoms with E-state index < -0.39 is 0 Å². The maximum Gasteiger partial charge on any atom is 0.238 e. The zero-order valence-electron chi connectivity index (χ0n) is 35.5. The Morgan fingerprint density at radius 3 is 1.81 bits per heavy atom. The van der Waals surface area contributed by atoms with Crippen LogP contribution in [-0.4, -0.2) is 19.5 Å². The van der Waals surface area contributed by atoms with E-state index in [2.05, 4.69) is 182 Å². The second-order valence-corrected chi connectivity index (χ2v) is 16.8. The number of nitrogens with zero attached hydrogens (tertiary/aromatic N) is 4. The molecule has 13 rings (SSSR count). The lowest BCUT2D eigenvalue weighted by atomic mass is 9.78. The van der Waals surface area contributed by atoms with Crippen LogP contribution in [0, 0.1) is 0 Å². The van der Waals surface area contributed by atoms with Gasteiger partial charge < -0.3 is 4.42 Å². The van der Waals surface area contributed by atoms with E-state index in [9.17, 15) is 0 Å². The van der Waals surface area contributed by atoms with Crippen molar-refractivity contribution in [2.75, 3.05) is 0 Å². The summed E-state index contributed by atoms with van der Waals surface area (Å²) in [7, 11) is 0. The molecule has 0 bridgehead atoms. The van der Waals surface area contributed by atoms with Gasteiger partial charge in [-0.25, -0.2) is 4.98 Å². The Labute approximate surface area is 365 Å². The summed E-state index contributed by atoms with van der Waals surface area (Å²) in [6.45, 7) is 8.72. The molecule has 5 nitrogen and oxygen atoms in total. The lowest BCUT2D eigenvalue weighted by molar-refractivity contribution is 0.662. The fourth-order valence-electron chi connectivity index (χ4n) is 10.2. The summed E-state index contributed by atoms with van der Waals surface area (Å²) in [6.07, 6.45) is 0. The Morgan fingerprint density at radius 1 is 0.413 bits per heavy atom. The molecule has 0 atom stereocenters. The van der Waals surface area contributed by atoms with E-state index in [1.165, 1.54) is 27.8 Å². The molecule has 0 spiro atoms. The van der Waals surface area contributed by atoms with Gasteiger partial charge in [-0.2, -0.15) is 9.97 Å². The molecule has 63 heavy (non-hydrogen) atoms. The van der Waals surface area contributed by atoms with Gasteiger partial charge >= 0.3 is 0 Å². The second kappa shape index (κ2) is 14.1. The van der Waals surface area contributed by atoms with Gasteiger partial charge in [-0.05, 0) is 68.2 Å². The van der Waals surface area contributed by atoms with Gasteiger partial charge in [0, 0.05) is 49.0 Å². The maximum atomic E-state index is 6.41. The highest BCUT2D eigenvalue weighted by Gasteiger charge is 2.38. The predicted octanol–water partition coefficient (Wildman–Crippen LogP) is 15.5. The number of benzene rings is 9. The highest BCUT2D eigenvalue weighted by atomic mass is 16.3. The van der Waals surface area contributed by atoms with Crippen LogP contribution < -0.4 is 0 Å². The van der Waals surface area contributed by atoms with Crippen LogP contribution in [0.25, 0.3) is 116 Å². The van der Waals surface area contributed by atoms with Gasteiger partial charge in [-0.1, -0.05) is 185 Å². The predicted molar refractivity (Wildman–Crippen MR) is 262 cm³/mol. The molecular weight excluding hydrogens is 769 g/mol. The van der Waals surface area contributed by atoms with Gasteiger partial charge in [-0.3, -0.25) is 4.57 Å². The van der Waals surface area contributed by atoms with Crippen molar-refractivity contribution in [3.63, 3.8) is 0 Å². The smallest absolute Gasteiger partial charge is 0.238 e. The van der Waals surface area contributed by atoms with Crippen molar-refractivity contribution in [2.24, 2.45) is 0 Å². The molecule has 12 aromatic rings. The van der Waals surface area contributed by atoms with E-state index in [0.29, 0.717) is 17.6 Å². The van der Waals surface area contributed by atoms with Crippen LogP contribution in [0.4, 0.5) is 0 Å². The molecule has 0 radical (unpaired) electrons. The van der Waals surface area contributed by atoms with E-state index in [1.807, 2.05) is 32.0 Å². The number of para-hydroxylation sites is 2. The molecular formula is C58H42N4O. The van der Waals surface area contributed by atoms with Crippen LogP contribution in [0.1, 0.15) is 38.8 Å². The fourth-order valence-corrected chi connectivity index (χ4v) is 10.2. The van der Waals surface area contributed by atoms with Gasteiger partial charge in [0.25, 0.3) is 0 Å². The molecule has 0 saturated carbocycles. The van der Waals surface area contributed by atoms with Crippen LogP contribution in [0.15, 0.2) is 186 Å². The van der Waals surface area contributed by atoms with E-state index in [1.54, 1.807) is 0 Å². The largest absolute Gasteiger partial charge is 0.456 e. The number of fused-ring (bicyclic) bond motifs is 12. The Morgan fingerprint density at radius 2 is 0.968 bits per heavy atom. The quantitative estimate of drug-likeness (QED) is 0.178. The molecule has 0 unspecified atom stereocenters. The normalized spacial score (nSPS) is 12.9. The van der Waals surface area contributed by atoms with Crippen molar-refractivity contribution in [1.29, 1.82) is 0 Å². The van der Waals surface area contributed by atoms with Crippen LogP contribution in [0.3, 0.4) is 0 Å². The molecule has 3 heterocycles. The topological polar surface area (TPSA) is 56.7 Å². The number of rotatable bonds is 4. The maximum absolute atomic E-state index is 6.41. The average molecular weight is 811 g/mol. The van der Waals surface area contributed by atoms with Crippen LogP contribution >= 0.6 is 0 Å². The number of furan rings is 1. The first-order valence-corrected chi connectivity index (χ1v) is 21.9. The third-order valence-corrected chi connectivity index (χ3v) is 13.0. The van der Waals surface area contributed by atoms with E-state index in [0.717, 1.165) is 82.0 Å². The number of hydrogen-bond acceptors (Lipinski definition) is 4. The number of aromatic nitrogens is 4. The first-order chi connectivity index (χ1) is 31.0. The summed E-state index contributed by atoms with van der Waals surface area (Å²) in [4.78, 5) is 16.2. The van der Waals surface area contributed by atoms with Crippen molar-refractivity contribution in [2.45, 2.75) is 33.1 Å². The lowest BCUT2D eigenvalue weighted by Gasteiger charge is -2.25. The van der Waals surface area contributed by atoms with Gasteiger partial charge in [0.1, 0.15) is 11.2 Å². The Hall–Kier alpha value is -7.89. The van der Waals surface area contributed by atoms with Crippen LogP contribution in [0.2, 0.25) is 0 Å². The van der Waals surface area contributed by atoms with Crippen LogP contribution in [0.5, 0.6) is 0 Å². The van der Waals surface area contributed by atoms with E-state index in [4.69, 9.17) is 19.4 Å². The van der Waals surface area contributed by atoms with E-state index in [-0.39, 0.29) is 5.41 Å². The Balaban J connectivity index is 0.00000208. The molecule has 0 amide bonds. The summed E-state index contributed by atoms with van der Waals surface area (Å²) >= 11 is 0. The molecule has 0 aliphatic heterocycles. The third kappa shape index (κ3) is 5.52. The van der Waals surface area contributed by atoms with Gasteiger partial charge in [0.2, 0.25) is 5.95 Å². The summed E-state index contributed by atoms with van der Waals surface area (Å²) in [5.41, 5.74) is 12.9. The molecule has 1 aliphatic rings. The highest BCUT2D eigenvalue weighted by Crippen LogP contribution is 2.53. The minimum Gasteiger partial charge on any atom is -0.456 e. The van der Waals surface area contributed by atoms with Gasteiger partial charge in [-0.15, -0.1) is 0 Å². The van der Waals surface area contributed by atoms with Gasteiger partial charge in [0.05, 0.1) is 11.0 Å². The van der Waals surface area contributed by atoms with Crippen molar-refractivity contribution in [1.82, 2.24) is 19.5 Å². The molecule has 300 valence electrons. The molecule has 1 aliphatic carbocycles. The molecule has 5 heteroatoms. The molecule has 0 N–H and O–H groups in total. The fraction of sp³-hybridized carbons (Fsp3) is 0.0862. The Bertz CT molecular complexity index is 3810. The zero-order valence-corrected chi connectivity index (χ0v) is 35.5. The number of hydrogen-bond donors (Lipinski definition) is 0. The monoisotopic (exact) mass is 810 g/mol. The molecule has 0 saturated heterocycles. The lowest BCUT2D eigenvalue weighted by Crippen LogP contribution is -2.16. The first kappa shape index (κ1) is 36.9. The molecule has 3 aromatic heterocycles. The molecule has 0 fully saturated rings. The standard InChI is InChI=1S/C56H36N4O.C2H6/c1-56(2)47-23-9-7-17-39(47)42-19-11-20-43(50(42)56)44-21-12-22-45-46-30-27-34-14-5-6-16-38(34)51(46)60(52(44)45)55-58-53(36-26-25-33-13-3-4-15-35(33)31-36)57-54(59-55)37-28-29-41-40-18-8-10-24-48(40)61-49(41)32-37;1-2/h3-32H,1-2H3;1-2H3. The van der Waals surface area contributed by atoms with Crippen molar-refractivity contribution in [3.8, 4) is 51.0 Å². The molecule has 9 aromatic carbocycles. The van der Waals surface area contributed by atoms with Crippen LogP contribution in [-0.2, 0) is 5.41 Å². The second-order valence-electron chi connectivity index (χ2n) is 16.8. The SMILES string of the molecule is CC.CC1(C)c2ccccc2-c2cccc(-c3cccc4c5ccc6ccccc6c5n(-c5nc(-c6ccc7ccccc7c6)nc(-c6ccc7c(c6)oc6ccccc67)n5)c34)c21. The Kier molecular flexibility index (Phi) is 8.25. The van der Waals surface area contributed by atoms with E-state index >= 15 is 0 Å². The average Bonchev–Trinajstić information content (AvgIpc) is 3.97.